The minimum atomic E-state index is -3.53. The van der Waals surface area contributed by atoms with Crippen molar-refractivity contribution in [2.24, 2.45) is 0 Å². The van der Waals surface area contributed by atoms with Crippen LogP contribution in [0.25, 0.3) is 10.2 Å². The third kappa shape index (κ3) is 6.13. The molecule has 0 saturated heterocycles. The summed E-state index contributed by atoms with van der Waals surface area (Å²) in [5.41, 5.74) is 1.30. The average Bonchev–Trinajstić information content (AvgIpc) is 3.07. The van der Waals surface area contributed by atoms with Crippen molar-refractivity contribution in [3.8, 4) is 5.75 Å². The summed E-state index contributed by atoms with van der Waals surface area (Å²) in [4.78, 5) is 4.50. The van der Waals surface area contributed by atoms with E-state index >= 15 is 0 Å². The van der Waals surface area contributed by atoms with Gasteiger partial charge >= 0.3 is 6.61 Å². The zero-order valence-corrected chi connectivity index (χ0v) is 17.1. The van der Waals surface area contributed by atoms with Crippen molar-refractivity contribution in [1.82, 2.24) is 9.71 Å². The Hall–Kier alpha value is -1.75. The lowest BCUT2D eigenvalue weighted by atomic mass is 10.2. The van der Waals surface area contributed by atoms with Crippen molar-refractivity contribution in [3.63, 3.8) is 0 Å². The number of para-hydroxylation sites is 2. The Balaban J connectivity index is 1.46. The number of benzene rings is 2. The van der Waals surface area contributed by atoms with E-state index in [1.54, 1.807) is 29.5 Å². The van der Waals surface area contributed by atoms with Crippen molar-refractivity contribution < 1.29 is 21.9 Å². The Labute approximate surface area is 170 Å². The highest BCUT2D eigenvalue weighted by atomic mass is 32.2. The standard InChI is InChI=1S/C18H18F2N2O3S3/c19-17(20)25-15-8-3-1-6-13(15)12-21-28(23,24)11-5-10-26-18-22-14-7-2-4-9-16(14)27-18/h1-4,6-9,17,21H,5,10-12H2. The molecule has 0 atom stereocenters. The largest absolute Gasteiger partial charge is 0.434 e. The van der Waals surface area contributed by atoms with Crippen LogP contribution in [0.1, 0.15) is 12.0 Å². The molecule has 0 aliphatic rings. The van der Waals surface area contributed by atoms with Crippen LogP contribution in [0.3, 0.4) is 0 Å². The molecule has 0 spiro atoms. The summed E-state index contributed by atoms with van der Waals surface area (Å²) in [7, 11) is -3.53. The molecule has 0 aliphatic carbocycles. The van der Waals surface area contributed by atoms with E-state index in [-0.39, 0.29) is 18.0 Å². The maximum Gasteiger partial charge on any atom is 0.387 e. The number of alkyl halides is 2. The summed E-state index contributed by atoms with van der Waals surface area (Å²) < 4.78 is 58.0. The molecule has 0 saturated carbocycles. The molecule has 0 amide bonds. The first-order chi connectivity index (χ1) is 13.4. The van der Waals surface area contributed by atoms with Gasteiger partial charge in [-0.1, -0.05) is 42.1 Å². The fourth-order valence-corrected chi connectivity index (χ4v) is 5.75. The fourth-order valence-electron chi connectivity index (χ4n) is 2.44. The predicted molar refractivity (Wildman–Crippen MR) is 109 cm³/mol. The molecule has 0 bridgehead atoms. The molecular weight excluding hydrogens is 426 g/mol. The average molecular weight is 445 g/mol. The van der Waals surface area contributed by atoms with E-state index in [4.69, 9.17) is 0 Å². The third-order valence-corrected chi connectivity index (χ3v) is 7.40. The first-order valence-electron chi connectivity index (χ1n) is 8.41. The van der Waals surface area contributed by atoms with Gasteiger partial charge in [-0.2, -0.15) is 8.78 Å². The number of rotatable bonds is 10. The molecule has 0 radical (unpaired) electrons. The van der Waals surface area contributed by atoms with Crippen molar-refractivity contribution in [2.75, 3.05) is 11.5 Å². The molecular formula is C18H18F2N2O3S3. The van der Waals surface area contributed by atoms with Crippen molar-refractivity contribution in [1.29, 1.82) is 0 Å². The van der Waals surface area contributed by atoms with E-state index in [1.165, 1.54) is 17.8 Å². The van der Waals surface area contributed by atoms with Gasteiger partial charge in [0.2, 0.25) is 10.0 Å². The maximum atomic E-state index is 12.4. The number of nitrogens with zero attached hydrogens (tertiary/aromatic N) is 1. The zero-order valence-electron chi connectivity index (χ0n) is 14.7. The van der Waals surface area contributed by atoms with Crippen LogP contribution < -0.4 is 9.46 Å². The third-order valence-electron chi connectivity index (χ3n) is 3.73. The van der Waals surface area contributed by atoms with Gasteiger partial charge in [0.05, 0.1) is 16.0 Å². The summed E-state index contributed by atoms with van der Waals surface area (Å²) in [6.07, 6.45) is 0.450. The molecule has 5 nitrogen and oxygen atoms in total. The summed E-state index contributed by atoms with van der Waals surface area (Å²) >= 11 is 3.10. The van der Waals surface area contributed by atoms with Crippen LogP contribution in [-0.4, -0.2) is 31.5 Å². The molecule has 1 heterocycles. The van der Waals surface area contributed by atoms with Gasteiger partial charge in [-0.15, -0.1) is 11.3 Å². The number of nitrogens with one attached hydrogen (secondary N) is 1. The number of halogens is 2. The van der Waals surface area contributed by atoms with Gasteiger partial charge in [0.25, 0.3) is 0 Å². The Bertz CT molecular complexity index is 993. The second kappa shape index (κ2) is 9.64. The molecule has 0 aliphatic heterocycles. The van der Waals surface area contributed by atoms with Crippen molar-refractivity contribution >= 4 is 43.3 Å². The number of hydrogen-bond donors (Lipinski definition) is 1. The lowest BCUT2D eigenvalue weighted by Crippen LogP contribution is -2.26. The number of hydrogen-bond acceptors (Lipinski definition) is 6. The maximum absolute atomic E-state index is 12.4. The van der Waals surface area contributed by atoms with E-state index < -0.39 is 16.6 Å². The van der Waals surface area contributed by atoms with Gasteiger partial charge in [0, 0.05) is 17.9 Å². The van der Waals surface area contributed by atoms with Crippen LogP contribution in [-0.2, 0) is 16.6 Å². The van der Waals surface area contributed by atoms with Crippen LogP contribution in [0.15, 0.2) is 52.9 Å². The number of fused-ring (bicyclic) bond motifs is 1. The first kappa shape index (κ1) is 21.0. The molecule has 10 heteroatoms. The Kier molecular flexibility index (Phi) is 7.22. The lowest BCUT2D eigenvalue weighted by molar-refractivity contribution is -0.0504. The Morgan fingerprint density at radius 3 is 2.68 bits per heavy atom. The van der Waals surface area contributed by atoms with Crippen LogP contribution in [0.5, 0.6) is 5.75 Å². The van der Waals surface area contributed by atoms with Gasteiger partial charge in [0.15, 0.2) is 4.34 Å². The molecule has 3 rings (SSSR count). The summed E-state index contributed by atoms with van der Waals surface area (Å²) in [6, 6.07) is 13.9. The molecule has 0 fully saturated rings. The summed E-state index contributed by atoms with van der Waals surface area (Å²) in [5, 5.41) is 0. The topological polar surface area (TPSA) is 68.3 Å². The molecule has 1 N–H and O–H groups in total. The number of thiazole rings is 1. The van der Waals surface area contributed by atoms with Gasteiger partial charge < -0.3 is 4.74 Å². The molecule has 3 aromatic rings. The quantitative estimate of drug-likeness (QED) is 0.368. The second-order valence-corrected chi connectivity index (χ2v) is 10.1. The molecule has 2 aromatic carbocycles. The number of ether oxygens (including phenoxy) is 1. The SMILES string of the molecule is O=S(=O)(CCCSc1nc2ccccc2s1)NCc1ccccc1OC(F)F. The van der Waals surface area contributed by atoms with E-state index in [0.717, 1.165) is 14.6 Å². The molecule has 150 valence electrons. The number of sulfonamides is 1. The zero-order chi connectivity index (χ0) is 20.0. The summed E-state index contributed by atoms with van der Waals surface area (Å²) in [6.45, 7) is -3.06. The molecule has 28 heavy (non-hydrogen) atoms. The minimum Gasteiger partial charge on any atom is -0.434 e. The van der Waals surface area contributed by atoms with Crippen LogP contribution in [0.4, 0.5) is 8.78 Å². The van der Waals surface area contributed by atoms with Crippen LogP contribution >= 0.6 is 23.1 Å². The highest BCUT2D eigenvalue weighted by molar-refractivity contribution is 8.01. The predicted octanol–water partition coefficient (Wildman–Crippen LogP) is 4.50. The monoisotopic (exact) mass is 444 g/mol. The van der Waals surface area contributed by atoms with Gasteiger partial charge in [-0.05, 0) is 24.6 Å². The number of aromatic nitrogens is 1. The smallest absolute Gasteiger partial charge is 0.387 e. The Morgan fingerprint density at radius 2 is 1.89 bits per heavy atom. The molecule has 0 unspecified atom stereocenters. The van der Waals surface area contributed by atoms with Crippen molar-refractivity contribution in [3.05, 3.63) is 54.1 Å². The van der Waals surface area contributed by atoms with E-state index in [0.29, 0.717) is 17.7 Å². The van der Waals surface area contributed by atoms with Gasteiger partial charge in [-0.3, -0.25) is 0 Å². The summed E-state index contributed by atoms with van der Waals surface area (Å²) in [5.74, 6) is 0.529. The van der Waals surface area contributed by atoms with Crippen LogP contribution in [0.2, 0.25) is 0 Å². The minimum absolute atomic E-state index is 0.0356. The van der Waals surface area contributed by atoms with Gasteiger partial charge in [0.1, 0.15) is 5.75 Å². The Morgan fingerprint density at radius 1 is 1.14 bits per heavy atom. The molecule has 1 aromatic heterocycles. The van der Waals surface area contributed by atoms with E-state index in [2.05, 4.69) is 14.4 Å². The highest BCUT2D eigenvalue weighted by Gasteiger charge is 2.14. The fraction of sp³-hybridized carbons (Fsp3) is 0.278. The second-order valence-electron chi connectivity index (χ2n) is 5.78. The van der Waals surface area contributed by atoms with E-state index in [1.807, 2.05) is 24.3 Å². The normalized spacial score (nSPS) is 12.0. The highest BCUT2D eigenvalue weighted by Crippen LogP contribution is 2.29. The lowest BCUT2D eigenvalue weighted by Gasteiger charge is -2.11. The van der Waals surface area contributed by atoms with Crippen molar-refractivity contribution in [2.45, 2.75) is 23.9 Å². The number of thioether (sulfide) groups is 1. The van der Waals surface area contributed by atoms with Crippen LogP contribution in [0, 0.1) is 0 Å². The van der Waals surface area contributed by atoms with E-state index in [9.17, 15) is 17.2 Å². The van der Waals surface area contributed by atoms with Gasteiger partial charge in [-0.25, -0.2) is 18.1 Å². The first-order valence-corrected chi connectivity index (χ1v) is 11.9.